The molecular formula is C14H28N4O. The molecule has 1 fully saturated rings. The average molecular weight is 268 g/mol. The van der Waals surface area contributed by atoms with Crippen LogP contribution in [-0.4, -0.2) is 37.5 Å². The average Bonchev–Trinajstić information content (AvgIpc) is 2.37. The number of carbonyl (C=O) groups excluding carboxylic acids is 1. The summed E-state index contributed by atoms with van der Waals surface area (Å²) in [5, 5.41) is 9.50. The molecule has 0 spiro atoms. The Morgan fingerprint density at radius 1 is 1.21 bits per heavy atom. The molecule has 0 atom stereocenters. The Hall–Kier alpha value is -1.26. The highest BCUT2D eigenvalue weighted by atomic mass is 16.1. The highest BCUT2D eigenvalue weighted by molar-refractivity contribution is 5.80. The molecule has 5 nitrogen and oxygen atoms in total. The van der Waals surface area contributed by atoms with Crippen molar-refractivity contribution in [2.75, 3.05) is 19.6 Å². The topological polar surface area (TPSA) is 65.5 Å². The normalized spacial score (nSPS) is 23.8. The van der Waals surface area contributed by atoms with Crippen molar-refractivity contribution in [3.05, 3.63) is 0 Å². The maximum atomic E-state index is 10.8. The number of hydrogen-bond donors (Lipinski definition) is 3. The number of guanidine groups is 1. The summed E-state index contributed by atoms with van der Waals surface area (Å²) < 4.78 is 0. The van der Waals surface area contributed by atoms with Crippen molar-refractivity contribution in [1.82, 2.24) is 16.0 Å². The number of amides is 1. The second-order valence-corrected chi connectivity index (χ2v) is 5.34. The largest absolute Gasteiger partial charge is 0.357 e. The minimum absolute atomic E-state index is 0.00516. The lowest BCUT2D eigenvalue weighted by molar-refractivity contribution is -0.118. The van der Waals surface area contributed by atoms with E-state index in [1.54, 1.807) is 0 Å². The van der Waals surface area contributed by atoms with Gasteiger partial charge in [0.05, 0.1) is 6.54 Å². The van der Waals surface area contributed by atoms with Crippen molar-refractivity contribution in [1.29, 1.82) is 0 Å². The number of nitrogens with one attached hydrogen (secondary N) is 3. The van der Waals surface area contributed by atoms with Crippen LogP contribution in [-0.2, 0) is 4.79 Å². The lowest BCUT2D eigenvalue weighted by Crippen LogP contribution is -2.45. The van der Waals surface area contributed by atoms with Crippen LogP contribution in [0.1, 0.15) is 46.5 Å². The maximum absolute atomic E-state index is 10.8. The summed E-state index contributed by atoms with van der Waals surface area (Å²) in [4.78, 5) is 15.2. The van der Waals surface area contributed by atoms with Crippen LogP contribution < -0.4 is 16.0 Å². The van der Waals surface area contributed by atoms with Gasteiger partial charge in [0, 0.05) is 26.1 Å². The summed E-state index contributed by atoms with van der Waals surface area (Å²) >= 11 is 0. The molecule has 1 amide bonds. The van der Waals surface area contributed by atoms with E-state index < -0.39 is 0 Å². The van der Waals surface area contributed by atoms with Gasteiger partial charge in [-0.1, -0.05) is 6.92 Å². The summed E-state index contributed by atoms with van der Waals surface area (Å²) in [5.74, 6) is 1.72. The van der Waals surface area contributed by atoms with Gasteiger partial charge in [-0.15, -0.1) is 0 Å². The smallest absolute Gasteiger partial charge is 0.216 e. The third kappa shape index (κ3) is 7.03. The molecule has 1 aliphatic carbocycles. The Labute approximate surface area is 116 Å². The number of aliphatic imine (C=N–C) groups is 1. The van der Waals surface area contributed by atoms with Gasteiger partial charge in [-0.05, 0) is 38.5 Å². The SMILES string of the molecule is CCNC(=NCCNC(C)=O)NC1CCC(C)CC1. The van der Waals surface area contributed by atoms with Gasteiger partial charge in [0.25, 0.3) is 0 Å². The second kappa shape index (κ2) is 8.77. The minimum Gasteiger partial charge on any atom is -0.357 e. The molecule has 1 rings (SSSR count). The molecule has 1 saturated carbocycles. The second-order valence-electron chi connectivity index (χ2n) is 5.34. The number of nitrogens with zero attached hydrogens (tertiary/aromatic N) is 1. The van der Waals surface area contributed by atoms with Crippen molar-refractivity contribution >= 4 is 11.9 Å². The van der Waals surface area contributed by atoms with E-state index in [1.807, 2.05) is 0 Å². The van der Waals surface area contributed by atoms with Crippen molar-refractivity contribution in [2.24, 2.45) is 10.9 Å². The van der Waals surface area contributed by atoms with E-state index in [0.29, 0.717) is 19.1 Å². The quantitative estimate of drug-likeness (QED) is 0.399. The zero-order valence-electron chi connectivity index (χ0n) is 12.5. The monoisotopic (exact) mass is 268 g/mol. The first kappa shape index (κ1) is 15.8. The fourth-order valence-corrected chi connectivity index (χ4v) is 2.32. The van der Waals surface area contributed by atoms with Crippen LogP contribution in [0.5, 0.6) is 0 Å². The van der Waals surface area contributed by atoms with E-state index in [1.165, 1.54) is 32.6 Å². The Balaban J connectivity index is 2.34. The molecule has 0 bridgehead atoms. The Morgan fingerprint density at radius 3 is 2.47 bits per heavy atom. The molecule has 19 heavy (non-hydrogen) atoms. The maximum Gasteiger partial charge on any atom is 0.216 e. The standard InChI is InChI=1S/C14H28N4O/c1-4-15-14(17-10-9-16-12(3)19)18-13-7-5-11(2)6-8-13/h11,13H,4-10H2,1-3H3,(H,16,19)(H2,15,17,18). The van der Waals surface area contributed by atoms with E-state index in [2.05, 4.69) is 34.8 Å². The molecule has 0 saturated heterocycles. The fraction of sp³-hybridized carbons (Fsp3) is 0.857. The minimum atomic E-state index is -0.00516. The van der Waals surface area contributed by atoms with Gasteiger partial charge in [-0.2, -0.15) is 0 Å². The molecule has 0 radical (unpaired) electrons. The first-order valence-electron chi connectivity index (χ1n) is 7.41. The zero-order chi connectivity index (χ0) is 14.1. The van der Waals surface area contributed by atoms with Gasteiger partial charge >= 0.3 is 0 Å². The van der Waals surface area contributed by atoms with Crippen LogP contribution in [0.2, 0.25) is 0 Å². The molecule has 5 heteroatoms. The number of rotatable bonds is 5. The van der Waals surface area contributed by atoms with Gasteiger partial charge in [-0.25, -0.2) is 0 Å². The molecule has 0 heterocycles. The summed E-state index contributed by atoms with van der Waals surface area (Å²) in [5.41, 5.74) is 0. The Bertz CT molecular complexity index is 296. The van der Waals surface area contributed by atoms with E-state index in [-0.39, 0.29) is 5.91 Å². The highest BCUT2D eigenvalue weighted by Crippen LogP contribution is 2.23. The van der Waals surface area contributed by atoms with Crippen LogP contribution in [0.25, 0.3) is 0 Å². The number of hydrogen-bond acceptors (Lipinski definition) is 2. The van der Waals surface area contributed by atoms with Crippen molar-refractivity contribution in [2.45, 2.75) is 52.5 Å². The van der Waals surface area contributed by atoms with Crippen molar-refractivity contribution in [3.8, 4) is 0 Å². The summed E-state index contributed by atoms with van der Waals surface area (Å²) in [6.45, 7) is 7.97. The molecule has 0 aliphatic heterocycles. The van der Waals surface area contributed by atoms with E-state index in [4.69, 9.17) is 0 Å². The van der Waals surface area contributed by atoms with E-state index in [9.17, 15) is 4.79 Å². The first-order valence-corrected chi connectivity index (χ1v) is 7.41. The lowest BCUT2D eigenvalue weighted by atomic mass is 9.87. The molecule has 0 unspecified atom stereocenters. The molecule has 110 valence electrons. The third-order valence-corrected chi connectivity index (χ3v) is 3.46. The van der Waals surface area contributed by atoms with Crippen LogP contribution in [0.15, 0.2) is 4.99 Å². The molecule has 0 aromatic heterocycles. The third-order valence-electron chi connectivity index (χ3n) is 3.46. The van der Waals surface area contributed by atoms with E-state index >= 15 is 0 Å². The zero-order valence-corrected chi connectivity index (χ0v) is 12.5. The molecular weight excluding hydrogens is 240 g/mol. The van der Waals surface area contributed by atoms with Gasteiger partial charge in [0.15, 0.2) is 5.96 Å². The van der Waals surface area contributed by atoms with Crippen LogP contribution in [0, 0.1) is 5.92 Å². The predicted octanol–water partition coefficient (Wildman–Crippen LogP) is 1.26. The summed E-state index contributed by atoms with van der Waals surface area (Å²) in [7, 11) is 0. The first-order chi connectivity index (χ1) is 9.11. The predicted molar refractivity (Wildman–Crippen MR) is 79.2 cm³/mol. The van der Waals surface area contributed by atoms with Gasteiger partial charge in [-0.3, -0.25) is 9.79 Å². The molecule has 3 N–H and O–H groups in total. The van der Waals surface area contributed by atoms with Crippen LogP contribution >= 0.6 is 0 Å². The van der Waals surface area contributed by atoms with Crippen molar-refractivity contribution < 1.29 is 4.79 Å². The highest BCUT2D eigenvalue weighted by Gasteiger charge is 2.18. The van der Waals surface area contributed by atoms with Crippen LogP contribution in [0.4, 0.5) is 0 Å². The molecule has 0 aromatic rings. The van der Waals surface area contributed by atoms with Gasteiger partial charge in [0.1, 0.15) is 0 Å². The van der Waals surface area contributed by atoms with Gasteiger partial charge in [0.2, 0.25) is 5.91 Å². The lowest BCUT2D eigenvalue weighted by Gasteiger charge is -2.28. The van der Waals surface area contributed by atoms with Gasteiger partial charge < -0.3 is 16.0 Å². The molecule has 1 aliphatic rings. The number of carbonyl (C=O) groups is 1. The molecule has 0 aromatic carbocycles. The Morgan fingerprint density at radius 2 is 1.89 bits per heavy atom. The Kier molecular flexibility index (Phi) is 7.30. The fourth-order valence-electron chi connectivity index (χ4n) is 2.32. The summed E-state index contributed by atoms with van der Waals surface area (Å²) in [6, 6.07) is 0.537. The van der Waals surface area contributed by atoms with Crippen molar-refractivity contribution in [3.63, 3.8) is 0 Å². The van der Waals surface area contributed by atoms with Crippen LogP contribution in [0.3, 0.4) is 0 Å². The van der Waals surface area contributed by atoms with E-state index in [0.717, 1.165) is 18.4 Å². The summed E-state index contributed by atoms with van der Waals surface area (Å²) in [6.07, 6.45) is 5.03.